The molecule has 0 aromatic heterocycles. The summed E-state index contributed by atoms with van der Waals surface area (Å²) >= 11 is 0. The summed E-state index contributed by atoms with van der Waals surface area (Å²) in [6, 6.07) is 0. The molecule has 0 fully saturated rings. The van der Waals surface area contributed by atoms with Crippen LogP contribution in [0, 0.1) is 18.3 Å². The molecule has 0 aromatic rings. The van der Waals surface area contributed by atoms with Crippen molar-refractivity contribution in [2.75, 3.05) is 6.61 Å². The van der Waals surface area contributed by atoms with Gasteiger partial charge in [-0.2, -0.15) is 0 Å². The van der Waals surface area contributed by atoms with Crippen LogP contribution in [-0.4, -0.2) is 11.7 Å². The second-order valence-corrected chi connectivity index (χ2v) is 4.37. The molecule has 0 radical (unpaired) electrons. The van der Waals surface area contributed by atoms with Crippen LogP contribution in [0.25, 0.3) is 0 Å². The van der Waals surface area contributed by atoms with Crippen molar-refractivity contribution in [3.63, 3.8) is 0 Å². The predicted molar refractivity (Wildman–Crippen MR) is 66.6 cm³/mol. The Labute approximate surface area is 95.3 Å². The van der Waals surface area contributed by atoms with Crippen LogP contribution in [0.5, 0.6) is 0 Å². The van der Waals surface area contributed by atoms with Gasteiger partial charge in [0, 0.05) is 13.0 Å². The molecule has 0 aliphatic carbocycles. The van der Waals surface area contributed by atoms with E-state index in [4.69, 9.17) is 11.5 Å². The Morgan fingerprint density at radius 1 is 1.07 bits per heavy atom. The third kappa shape index (κ3) is 9.82. The molecule has 0 bridgehead atoms. The van der Waals surface area contributed by atoms with Crippen molar-refractivity contribution in [1.82, 2.24) is 0 Å². The molecule has 1 heteroatoms. The Balaban J connectivity index is 3.18. The lowest BCUT2D eigenvalue weighted by atomic mass is 9.98. The minimum absolute atomic E-state index is 0.250. The zero-order chi connectivity index (χ0) is 11.4. The first kappa shape index (κ1) is 14.5. The van der Waals surface area contributed by atoms with E-state index in [0.29, 0.717) is 5.92 Å². The molecular formula is C14H26O. The summed E-state index contributed by atoms with van der Waals surface area (Å²) < 4.78 is 0. The lowest BCUT2D eigenvalue weighted by molar-refractivity contribution is 0.218. The van der Waals surface area contributed by atoms with E-state index in [0.717, 1.165) is 12.8 Å². The van der Waals surface area contributed by atoms with Crippen molar-refractivity contribution in [3.05, 3.63) is 0 Å². The SMILES string of the molecule is C#CCC(CO)CCCCCCCCC. The molecule has 0 heterocycles. The van der Waals surface area contributed by atoms with Gasteiger partial charge in [0.05, 0.1) is 0 Å². The van der Waals surface area contributed by atoms with E-state index >= 15 is 0 Å². The largest absolute Gasteiger partial charge is 0.396 e. The number of hydrogen-bond donors (Lipinski definition) is 1. The molecule has 0 aliphatic heterocycles. The van der Waals surface area contributed by atoms with Gasteiger partial charge in [0.15, 0.2) is 0 Å². The average Bonchev–Trinajstić information content (AvgIpc) is 2.26. The summed E-state index contributed by atoms with van der Waals surface area (Å²) in [5.74, 6) is 2.97. The molecule has 88 valence electrons. The number of rotatable bonds is 10. The van der Waals surface area contributed by atoms with Crippen LogP contribution >= 0.6 is 0 Å². The van der Waals surface area contributed by atoms with Gasteiger partial charge in [-0.3, -0.25) is 0 Å². The van der Waals surface area contributed by atoms with E-state index in [2.05, 4.69) is 12.8 Å². The van der Waals surface area contributed by atoms with Gasteiger partial charge in [0.1, 0.15) is 0 Å². The monoisotopic (exact) mass is 210 g/mol. The molecule has 15 heavy (non-hydrogen) atoms. The maximum Gasteiger partial charge on any atom is 0.0468 e. The fraction of sp³-hybridized carbons (Fsp3) is 0.857. The highest BCUT2D eigenvalue weighted by Crippen LogP contribution is 2.14. The third-order valence-electron chi connectivity index (χ3n) is 2.88. The molecule has 0 spiro atoms. The summed E-state index contributed by atoms with van der Waals surface area (Å²) in [6.07, 6.45) is 16.3. The second kappa shape index (κ2) is 11.6. The molecule has 0 rings (SSSR count). The maximum absolute atomic E-state index is 9.03. The Morgan fingerprint density at radius 2 is 1.67 bits per heavy atom. The first-order chi connectivity index (χ1) is 7.35. The number of aliphatic hydroxyl groups is 1. The summed E-state index contributed by atoms with van der Waals surface area (Å²) in [5, 5.41) is 9.03. The zero-order valence-corrected chi connectivity index (χ0v) is 10.2. The molecule has 0 amide bonds. The van der Waals surface area contributed by atoms with E-state index < -0.39 is 0 Å². The molecule has 0 aromatic carbocycles. The van der Waals surface area contributed by atoms with E-state index in [1.54, 1.807) is 0 Å². The van der Waals surface area contributed by atoms with Crippen molar-refractivity contribution in [1.29, 1.82) is 0 Å². The Hall–Kier alpha value is -0.480. The van der Waals surface area contributed by atoms with Crippen molar-refractivity contribution >= 4 is 0 Å². The van der Waals surface area contributed by atoms with Gasteiger partial charge in [-0.15, -0.1) is 12.3 Å². The molecule has 0 saturated heterocycles. The van der Waals surface area contributed by atoms with E-state index in [9.17, 15) is 0 Å². The lowest BCUT2D eigenvalue weighted by Crippen LogP contribution is -2.04. The fourth-order valence-electron chi connectivity index (χ4n) is 1.81. The van der Waals surface area contributed by atoms with E-state index in [1.165, 1.54) is 44.9 Å². The highest BCUT2D eigenvalue weighted by atomic mass is 16.3. The van der Waals surface area contributed by atoms with Crippen LogP contribution in [0.2, 0.25) is 0 Å². The number of unbranched alkanes of at least 4 members (excludes halogenated alkanes) is 6. The Bertz CT molecular complexity index is 157. The normalized spacial score (nSPS) is 12.3. The van der Waals surface area contributed by atoms with Gasteiger partial charge in [0.25, 0.3) is 0 Å². The fourth-order valence-corrected chi connectivity index (χ4v) is 1.81. The smallest absolute Gasteiger partial charge is 0.0468 e. The summed E-state index contributed by atoms with van der Waals surface area (Å²) in [5.41, 5.74) is 0. The van der Waals surface area contributed by atoms with Gasteiger partial charge in [-0.1, -0.05) is 51.9 Å². The highest BCUT2D eigenvalue weighted by Gasteiger charge is 2.04. The first-order valence-electron chi connectivity index (χ1n) is 6.39. The molecule has 0 aliphatic rings. The molecular weight excluding hydrogens is 184 g/mol. The van der Waals surface area contributed by atoms with Crippen molar-refractivity contribution in [2.45, 2.75) is 64.7 Å². The van der Waals surface area contributed by atoms with Crippen molar-refractivity contribution in [2.24, 2.45) is 5.92 Å². The number of hydrogen-bond acceptors (Lipinski definition) is 1. The molecule has 1 atom stereocenters. The lowest BCUT2D eigenvalue weighted by Gasteiger charge is -2.09. The maximum atomic E-state index is 9.03. The zero-order valence-electron chi connectivity index (χ0n) is 10.2. The minimum Gasteiger partial charge on any atom is -0.396 e. The van der Waals surface area contributed by atoms with Crippen LogP contribution in [0.4, 0.5) is 0 Å². The van der Waals surface area contributed by atoms with Crippen LogP contribution in [0.3, 0.4) is 0 Å². The van der Waals surface area contributed by atoms with Gasteiger partial charge in [0.2, 0.25) is 0 Å². The van der Waals surface area contributed by atoms with E-state index in [-0.39, 0.29) is 6.61 Å². The van der Waals surface area contributed by atoms with Gasteiger partial charge < -0.3 is 5.11 Å². The highest BCUT2D eigenvalue weighted by molar-refractivity contribution is 4.86. The quantitative estimate of drug-likeness (QED) is 0.430. The van der Waals surface area contributed by atoms with Crippen LogP contribution < -0.4 is 0 Å². The van der Waals surface area contributed by atoms with Gasteiger partial charge in [-0.05, 0) is 12.3 Å². The van der Waals surface area contributed by atoms with Crippen LogP contribution in [0.1, 0.15) is 64.7 Å². The minimum atomic E-state index is 0.250. The van der Waals surface area contributed by atoms with Crippen LogP contribution in [-0.2, 0) is 0 Å². The van der Waals surface area contributed by atoms with Gasteiger partial charge >= 0.3 is 0 Å². The van der Waals surface area contributed by atoms with Crippen molar-refractivity contribution in [3.8, 4) is 12.3 Å². The number of aliphatic hydroxyl groups excluding tert-OH is 1. The summed E-state index contributed by atoms with van der Waals surface area (Å²) in [6.45, 7) is 2.49. The molecule has 0 saturated carbocycles. The average molecular weight is 210 g/mol. The number of terminal acetylenes is 1. The van der Waals surface area contributed by atoms with Crippen molar-refractivity contribution < 1.29 is 5.11 Å². The topological polar surface area (TPSA) is 20.2 Å². The first-order valence-corrected chi connectivity index (χ1v) is 6.39. The van der Waals surface area contributed by atoms with Crippen LogP contribution in [0.15, 0.2) is 0 Å². The molecule has 1 nitrogen and oxygen atoms in total. The summed E-state index contributed by atoms with van der Waals surface area (Å²) in [7, 11) is 0. The Kier molecular flexibility index (Phi) is 11.2. The second-order valence-electron chi connectivity index (χ2n) is 4.37. The summed E-state index contributed by atoms with van der Waals surface area (Å²) in [4.78, 5) is 0. The molecule has 1 N–H and O–H groups in total. The predicted octanol–water partition coefficient (Wildman–Crippen LogP) is 3.76. The van der Waals surface area contributed by atoms with Gasteiger partial charge in [-0.25, -0.2) is 0 Å². The Morgan fingerprint density at radius 3 is 2.20 bits per heavy atom. The molecule has 1 unspecified atom stereocenters. The standard InChI is InChI=1S/C14H26O/c1-3-5-6-7-8-9-10-12-14(13-15)11-4-2/h2,14-15H,3,5-13H2,1H3. The van der Waals surface area contributed by atoms with E-state index in [1.807, 2.05) is 0 Å². The third-order valence-corrected chi connectivity index (χ3v) is 2.88.